The van der Waals surface area contributed by atoms with Crippen LogP contribution in [0.4, 0.5) is 0 Å². The van der Waals surface area contributed by atoms with E-state index in [4.69, 9.17) is 19.4 Å². The third kappa shape index (κ3) is 8.02. The van der Waals surface area contributed by atoms with Crippen LogP contribution in [0.1, 0.15) is 124 Å². The van der Waals surface area contributed by atoms with Crippen molar-refractivity contribution in [2.24, 2.45) is 0 Å². The quantitative estimate of drug-likeness (QED) is 0.174. The van der Waals surface area contributed by atoms with Crippen molar-refractivity contribution in [3.05, 3.63) is 162 Å². The maximum absolute atomic E-state index is 12.7. The first-order chi connectivity index (χ1) is 33.0. The smallest absolute Gasteiger partial charge is 0.148 e. The van der Waals surface area contributed by atoms with Crippen LogP contribution in [-0.2, 0) is 48.1 Å². The summed E-state index contributed by atoms with van der Waals surface area (Å²) in [7, 11) is 0. The summed E-state index contributed by atoms with van der Waals surface area (Å²) in [6.45, 7) is 29.3. The molecule has 7 aromatic carbocycles. The maximum atomic E-state index is 12.7. The van der Waals surface area contributed by atoms with Gasteiger partial charge in [0.25, 0.3) is 0 Å². The molecular weight excluding hydrogens is 1050 g/mol. The molecule has 0 fully saturated rings. The number of hydrogen-bond acceptors (Lipinski definition) is 5. The molecule has 1 aliphatic rings. The number of para-hydroxylation sites is 2. The van der Waals surface area contributed by atoms with E-state index in [1.807, 2.05) is 12.1 Å². The van der Waals surface area contributed by atoms with Gasteiger partial charge in [-0.2, -0.15) is 0 Å². The van der Waals surface area contributed by atoms with Crippen LogP contribution in [0.3, 0.4) is 0 Å². The minimum Gasteiger partial charge on any atom is -0.507 e. The molecule has 0 aliphatic heterocycles. The van der Waals surface area contributed by atoms with Gasteiger partial charge in [0.1, 0.15) is 23.5 Å². The Kier molecular flexibility index (Phi) is 11.3. The number of aromatic hydroxyl groups is 1. The standard InChI is InChI=1S/C64H63N4O2.Pt/c1-60(2,3)39-26-27-52(43(30-39)37-20-15-14-16-21-37)68-53-24-19-23-41(56(53)67-59(68)47-31-40(61(4,5)6)32-50(57(47)69)62(7,8)9)38-28-44-42-22-17-18-25-54(42)70-58(44)46(29-38)55-45-33-48-49(34-51(45)65-36-66-55)64(12,13)35-63(48,10)11;/h14-28,30-34,36,69H,35H2,1-13H3;/q-1;. The van der Waals surface area contributed by atoms with Crippen molar-refractivity contribution in [1.82, 2.24) is 19.5 Å². The zero-order valence-corrected chi connectivity index (χ0v) is 45.6. The molecule has 0 bridgehead atoms. The Morgan fingerprint density at radius 2 is 1.30 bits per heavy atom. The van der Waals surface area contributed by atoms with Crippen LogP contribution < -0.4 is 0 Å². The molecule has 0 saturated heterocycles. The van der Waals surface area contributed by atoms with Crippen molar-refractivity contribution in [2.45, 2.75) is 124 Å². The van der Waals surface area contributed by atoms with Gasteiger partial charge in [0.05, 0.1) is 33.4 Å². The molecule has 0 spiro atoms. The van der Waals surface area contributed by atoms with Gasteiger partial charge in [0.15, 0.2) is 0 Å². The molecule has 7 heteroatoms. The van der Waals surface area contributed by atoms with Crippen molar-refractivity contribution in [2.75, 3.05) is 0 Å². The Labute approximate surface area is 432 Å². The second-order valence-electron chi connectivity index (χ2n) is 24.2. The summed E-state index contributed by atoms with van der Waals surface area (Å²) in [6, 6.07) is 47.2. The molecule has 1 aliphatic carbocycles. The van der Waals surface area contributed by atoms with Crippen LogP contribution in [0.5, 0.6) is 5.75 Å². The Bertz CT molecular complexity index is 3760. The van der Waals surface area contributed by atoms with E-state index >= 15 is 0 Å². The van der Waals surface area contributed by atoms with E-state index in [-0.39, 0.29) is 53.9 Å². The first-order valence-electron chi connectivity index (χ1n) is 24.8. The van der Waals surface area contributed by atoms with E-state index in [2.05, 4.69) is 210 Å². The number of hydrogen-bond donors (Lipinski definition) is 1. The van der Waals surface area contributed by atoms with Crippen LogP contribution in [0.15, 0.2) is 132 Å². The third-order valence-electron chi connectivity index (χ3n) is 15.0. The molecular formula is C64H63N4O2Pt-. The first-order valence-corrected chi connectivity index (χ1v) is 24.8. The normalized spacial score (nSPS) is 14.7. The average Bonchev–Trinajstić information content (AvgIpc) is 3.93. The second kappa shape index (κ2) is 16.6. The number of fused-ring (bicyclic) bond motifs is 6. The average molecular weight is 1120 g/mol. The van der Waals surface area contributed by atoms with Crippen LogP contribution in [0, 0.1) is 6.07 Å². The van der Waals surface area contributed by atoms with E-state index in [0.29, 0.717) is 11.4 Å². The largest absolute Gasteiger partial charge is 0.507 e. The van der Waals surface area contributed by atoms with Gasteiger partial charge >= 0.3 is 0 Å². The number of rotatable bonds is 5. The Morgan fingerprint density at radius 3 is 2.00 bits per heavy atom. The van der Waals surface area contributed by atoms with Crippen molar-refractivity contribution >= 4 is 43.9 Å². The zero-order valence-electron chi connectivity index (χ0n) is 43.3. The second-order valence-corrected chi connectivity index (χ2v) is 24.2. The molecule has 0 atom stereocenters. The predicted molar refractivity (Wildman–Crippen MR) is 290 cm³/mol. The topological polar surface area (TPSA) is 77.0 Å². The van der Waals surface area contributed by atoms with Gasteiger partial charge in [0, 0.05) is 43.3 Å². The number of benzene rings is 7. The summed E-state index contributed by atoms with van der Waals surface area (Å²) >= 11 is 0. The summed E-state index contributed by atoms with van der Waals surface area (Å²) in [4.78, 5) is 15.7. The number of nitrogens with zero attached hydrogens (tertiary/aromatic N) is 4. The van der Waals surface area contributed by atoms with Crippen molar-refractivity contribution in [3.63, 3.8) is 0 Å². The van der Waals surface area contributed by atoms with Crippen LogP contribution in [-0.4, -0.2) is 24.6 Å². The van der Waals surface area contributed by atoms with Crippen LogP contribution in [0.25, 0.3) is 94.5 Å². The Morgan fingerprint density at radius 1 is 0.620 bits per heavy atom. The molecule has 0 amide bonds. The molecule has 362 valence electrons. The van der Waals surface area contributed by atoms with Crippen molar-refractivity contribution < 1.29 is 30.6 Å². The van der Waals surface area contributed by atoms with Crippen molar-refractivity contribution in [3.8, 4) is 56.3 Å². The summed E-state index contributed by atoms with van der Waals surface area (Å²) in [5.74, 6) is 0.897. The van der Waals surface area contributed by atoms with Gasteiger partial charge in [-0.3, -0.25) is 9.55 Å². The zero-order chi connectivity index (χ0) is 49.4. The molecule has 6 nitrogen and oxygen atoms in total. The van der Waals surface area contributed by atoms with E-state index in [1.165, 1.54) is 16.7 Å². The molecule has 3 aromatic heterocycles. The van der Waals surface area contributed by atoms with Crippen LogP contribution >= 0.6 is 0 Å². The molecule has 0 radical (unpaired) electrons. The molecule has 0 saturated carbocycles. The number of imidazole rings is 1. The summed E-state index contributed by atoms with van der Waals surface area (Å²) in [6.07, 6.45) is 2.73. The van der Waals surface area contributed by atoms with Gasteiger partial charge in [-0.1, -0.05) is 180 Å². The fourth-order valence-corrected chi connectivity index (χ4v) is 11.4. The fourth-order valence-electron chi connectivity index (χ4n) is 11.4. The molecule has 0 unspecified atom stereocenters. The van der Waals surface area contributed by atoms with E-state index in [0.717, 1.165) is 101 Å². The summed E-state index contributed by atoms with van der Waals surface area (Å²) in [5, 5.41) is 15.6. The van der Waals surface area contributed by atoms with Crippen molar-refractivity contribution in [1.29, 1.82) is 0 Å². The summed E-state index contributed by atoms with van der Waals surface area (Å²) < 4.78 is 9.08. The van der Waals surface area contributed by atoms with Gasteiger partial charge in [-0.15, -0.1) is 17.7 Å². The number of phenols is 1. The van der Waals surface area contributed by atoms with Gasteiger partial charge in [0.2, 0.25) is 0 Å². The third-order valence-corrected chi connectivity index (χ3v) is 15.0. The minimum atomic E-state index is -0.350. The molecule has 1 N–H and O–H groups in total. The first kappa shape index (κ1) is 48.3. The number of phenolic OH excluding ortho intramolecular Hbond substituents is 1. The molecule has 11 rings (SSSR count). The van der Waals surface area contributed by atoms with Gasteiger partial charge < -0.3 is 9.52 Å². The van der Waals surface area contributed by atoms with E-state index in [9.17, 15) is 5.11 Å². The molecule has 3 heterocycles. The predicted octanol–water partition coefficient (Wildman–Crippen LogP) is 16.9. The number of aromatic nitrogens is 4. The molecule has 71 heavy (non-hydrogen) atoms. The Hall–Kier alpha value is -6.36. The van der Waals surface area contributed by atoms with E-state index < -0.39 is 0 Å². The van der Waals surface area contributed by atoms with Gasteiger partial charge in [-0.25, -0.2) is 9.97 Å². The van der Waals surface area contributed by atoms with Crippen LogP contribution in [0.2, 0.25) is 0 Å². The number of furan rings is 1. The fraction of sp³-hybridized carbons (Fsp3) is 0.297. The molecule has 10 aromatic rings. The summed E-state index contributed by atoms with van der Waals surface area (Å²) in [5.41, 5.74) is 16.5. The Balaban J connectivity index is 0.00000582. The van der Waals surface area contributed by atoms with Gasteiger partial charge in [-0.05, 0) is 108 Å². The van der Waals surface area contributed by atoms with E-state index in [1.54, 1.807) is 6.33 Å². The SMILES string of the molecule is CC(C)(C)c1ccc(-n2c(-c3cc(C(C)(C)C)cc(C(C)(C)C)c3O)nc3c(-c4[c-]c(-c5ncnc6cc7c(cc56)C(C)(C)CC7(C)C)c5oc6ccccc6c5c4)cccc32)c(-c2ccccc2)c1.[Pt]. The maximum Gasteiger partial charge on any atom is 0.148 e. The monoisotopic (exact) mass is 1110 g/mol. The minimum absolute atomic E-state index is 0.